The van der Waals surface area contributed by atoms with Crippen molar-refractivity contribution in [3.8, 4) is 0 Å². The molecule has 0 aromatic carbocycles. The fourth-order valence-electron chi connectivity index (χ4n) is 2.31. The van der Waals surface area contributed by atoms with E-state index in [-0.39, 0.29) is 5.54 Å². The summed E-state index contributed by atoms with van der Waals surface area (Å²) in [5.74, 6) is 1.86. The zero-order valence-electron chi connectivity index (χ0n) is 13.0. The van der Waals surface area contributed by atoms with E-state index in [1.807, 2.05) is 12.1 Å². The minimum Gasteiger partial charge on any atom is -0.359 e. The van der Waals surface area contributed by atoms with Crippen LogP contribution in [-0.4, -0.2) is 24.1 Å². The SMILES string of the molecule is CN(CC1CCC1)c1ccc(Cl)c(CNC(C)(C)C)n1. The van der Waals surface area contributed by atoms with Crippen molar-refractivity contribution in [1.29, 1.82) is 0 Å². The molecule has 0 unspecified atom stereocenters. The van der Waals surface area contributed by atoms with Gasteiger partial charge in [-0.2, -0.15) is 0 Å². The second-order valence-electron chi connectivity index (χ2n) is 6.88. The number of nitrogens with one attached hydrogen (secondary N) is 1. The third kappa shape index (κ3) is 4.35. The first kappa shape index (κ1) is 15.6. The average molecular weight is 296 g/mol. The molecule has 112 valence electrons. The topological polar surface area (TPSA) is 28.2 Å². The molecule has 1 fully saturated rings. The molecule has 0 radical (unpaired) electrons. The number of rotatable bonds is 5. The Labute approximate surface area is 127 Å². The van der Waals surface area contributed by atoms with E-state index in [9.17, 15) is 0 Å². The van der Waals surface area contributed by atoms with E-state index in [2.05, 4.69) is 38.0 Å². The zero-order chi connectivity index (χ0) is 14.8. The Balaban J connectivity index is 2.02. The van der Waals surface area contributed by atoms with Gasteiger partial charge < -0.3 is 10.2 Å². The maximum atomic E-state index is 6.25. The highest BCUT2D eigenvalue weighted by molar-refractivity contribution is 6.31. The molecule has 1 aliphatic rings. The van der Waals surface area contributed by atoms with Crippen molar-refractivity contribution in [2.45, 2.75) is 52.1 Å². The summed E-state index contributed by atoms with van der Waals surface area (Å²) in [5, 5.41) is 4.18. The van der Waals surface area contributed by atoms with E-state index >= 15 is 0 Å². The van der Waals surface area contributed by atoms with Crippen molar-refractivity contribution in [3.05, 3.63) is 22.8 Å². The van der Waals surface area contributed by atoms with Crippen molar-refractivity contribution in [2.24, 2.45) is 5.92 Å². The summed E-state index contributed by atoms with van der Waals surface area (Å²) in [4.78, 5) is 6.97. The second-order valence-corrected chi connectivity index (χ2v) is 7.29. The van der Waals surface area contributed by atoms with E-state index in [0.29, 0.717) is 6.54 Å². The first-order valence-corrected chi connectivity index (χ1v) is 7.84. The van der Waals surface area contributed by atoms with E-state index in [0.717, 1.165) is 29.0 Å². The fourth-order valence-corrected chi connectivity index (χ4v) is 2.49. The standard InChI is InChI=1S/C16H26ClN3/c1-16(2,3)18-10-14-13(17)8-9-15(19-14)20(4)11-12-6-5-7-12/h8-9,12,18H,5-7,10-11H2,1-4H3. The van der Waals surface area contributed by atoms with Gasteiger partial charge in [0.15, 0.2) is 0 Å². The van der Waals surface area contributed by atoms with Gasteiger partial charge in [-0.25, -0.2) is 4.98 Å². The van der Waals surface area contributed by atoms with Crippen LogP contribution < -0.4 is 10.2 Å². The van der Waals surface area contributed by atoms with Gasteiger partial charge in [-0.05, 0) is 51.7 Å². The molecule has 0 spiro atoms. The molecule has 1 aromatic rings. The van der Waals surface area contributed by atoms with Crippen LogP contribution in [0, 0.1) is 5.92 Å². The minimum atomic E-state index is 0.0683. The van der Waals surface area contributed by atoms with Crippen LogP contribution in [0.4, 0.5) is 5.82 Å². The molecule has 1 aliphatic carbocycles. The van der Waals surface area contributed by atoms with Gasteiger partial charge in [-0.1, -0.05) is 18.0 Å². The molecule has 1 N–H and O–H groups in total. The molecule has 1 aromatic heterocycles. The van der Waals surface area contributed by atoms with Crippen molar-refractivity contribution < 1.29 is 0 Å². The largest absolute Gasteiger partial charge is 0.359 e. The Morgan fingerprint density at radius 3 is 2.60 bits per heavy atom. The van der Waals surface area contributed by atoms with Crippen LogP contribution in [0.1, 0.15) is 45.7 Å². The van der Waals surface area contributed by atoms with E-state index in [1.54, 1.807) is 0 Å². The average Bonchev–Trinajstić information content (AvgIpc) is 2.31. The molecule has 4 heteroatoms. The molecule has 0 bridgehead atoms. The normalized spacial score (nSPS) is 16.1. The number of anilines is 1. The maximum absolute atomic E-state index is 6.25. The van der Waals surface area contributed by atoms with Crippen LogP contribution in [0.5, 0.6) is 0 Å². The highest BCUT2D eigenvalue weighted by atomic mass is 35.5. The quantitative estimate of drug-likeness (QED) is 0.894. The van der Waals surface area contributed by atoms with E-state index < -0.39 is 0 Å². The summed E-state index contributed by atoms with van der Waals surface area (Å²) in [5.41, 5.74) is 0.998. The van der Waals surface area contributed by atoms with Crippen LogP contribution >= 0.6 is 11.6 Å². The number of pyridine rings is 1. The summed E-state index contributed by atoms with van der Waals surface area (Å²) in [7, 11) is 2.12. The molecule has 0 saturated heterocycles. The first-order chi connectivity index (χ1) is 9.35. The van der Waals surface area contributed by atoms with Crippen LogP contribution in [0.2, 0.25) is 5.02 Å². The summed E-state index contributed by atoms with van der Waals surface area (Å²) >= 11 is 6.25. The van der Waals surface area contributed by atoms with Gasteiger partial charge in [-0.15, -0.1) is 0 Å². The minimum absolute atomic E-state index is 0.0683. The summed E-state index contributed by atoms with van der Waals surface area (Å²) in [6, 6.07) is 3.97. The number of halogens is 1. The summed E-state index contributed by atoms with van der Waals surface area (Å²) < 4.78 is 0. The van der Waals surface area contributed by atoms with E-state index in [4.69, 9.17) is 16.6 Å². The smallest absolute Gasteiger partial charge is 0.128 e. The predicted molar refractivity (Wildman–Crippen MR) is 86.5 cm³/mol. The lowest BCUT2D eigenvalue weighted by atomic mass is 9.85. The molecule has 0 amide bonds. The lowest BCUT2D eigenvalue weighted by molar-refractivity contribution is 0.321. The molecule has 0 atom stereocenters. The summed E-state index contributed by atoms with van der Waals surface area (Å²) in [6.45, 7) is 8.24. The lowest BCUT2D eigenvalue weighted by Crippen LogP contribution is -2.35. The van der Waals surface area contributed by atoms with Crippen LogP contribution in [0.25, 0.3) is 0 Å². The second kappa shape index (κ2) is 6.31. The number of nitrogens with zero attached hydrogens (tertiary/aromatic N) is 2. The molecule has 20 heavy (non-hydrogen) atoms. The molecule has 1 saturated carbocycles. The first-order valence-electron chi connectivity index (χ1n) is 7.47. The third-order valence-electron chi connectivity index (χ3n) is 3.84. The van der Waals surface area contributed by atoms with E-state index in [1.165, 1.54) is 19.3 Å². The summed E-state index contributed by atoms with van der Waals surface area (Å²) in [6.07, 6.45) is 4.10. The molecule has 1 heterocycles. The van der Waals surface area contributed by atoms with Crippen LogP contribution in [-0.2, 0) is 6.54 Å². The van der Waals surface area contributed by atoms with Gasteiger partial charge in [0.1, 0.15) is 5.82 Å². The van der Waals surface area contributed by atoms with Gasteiger partial charge in [0, 0.05) is 25.7 Å². The van der Waals surface area contributed by atoms with Gasteiger partial charge in [0.2, 0.25) is 0 Å². The van der Waals surface area contributed by atoms with Gasteiger partial charge >= 0.3 is 0 Å². The van der Waals surface area contributed by atoms with Gasteiger partial charge in [-0.3, -0.25) is 0 Å². The Hall–Kier alpha value is -0.800. The van der Waals surface area contributed by atoms with Crippen molar-refractivity contribution in [3.63, 3.8) is 0 Å². The third-order valence-corrected chi connectivity index (χ3v) is 4.18. The maximum Gasteiger partial charge on any atom is 0.128 e. The van der Waals surface area contributed by atoms with Gasteiger partial charge in [0.25, 0.3) is 0 Å². The Bertz CT molecular complexity index is 450. The fraction of sp³-hybridized carbons (Fsp3) is 0.688. The van der Waals surface area contributed by atoms with Crippen LogP contribution in [0.3, 0.4) is 0 Å². The predicted octanol–water partition coefficient (Wildman–Crippen LogP) is 3.86. The highest BCUT2D eigenvalue weighted by Crippen LogP contribution is 2.28. The molecule has 0 aliphatic heterocycles. The highest BCUT2D eigenvalue weighted by Gasteiger charge is 2.20. The number of hydrogen-bond acceptors (Lipinski definition) is 3. The lowest BCUT2D eigenvalue weighted by Gasteiger charge is -2.31. The Morgan fingerprint density at radius 2 is 2.05 bits per heavy atom. The van der Waals surface area contributed by atoms with Crippen molar-refractivity contribution in [1.82, 2.24) is 10.3 Å². The monoisotopic (exact) mass is 295 g/mol. The number of aromatic nitrogens is 1. The van der Waals surface area contributed by atoms with Crippen molar-refractivity contribution >= 4 is 17.4 Å². The molecule has 3 nitrogen and oxygen atoms in total. The molecular formula is C16H26ClN3. The number of hydrogen-bond donors (Lipinski definition) is 1. The zero-order valence-corrected chi connectivity index (χ0v) is 13.8. The van der Waals surface area contributed by atoms with Crippen molar-refractivity contribution in [2.75, 3.05) is 18.5 Å². The van der Waals surface area contributed by atoms with Crippen LogP contribution in [0.15, 0.2) is 12.1 Å². The molecular weight excluding hydrogens is 270 g/mol. The Morgan fingerprint density at radius 1 is 1.35 bits per heavy atom. The van der Waals surface area contributed by atoms with Gasteiger partial charge in [0.05, 0.1) is 10.7 Å². The Kier molecular flexibility index (Phi) is 4.92. The molecule has 2 rings (SSSR count).